The van der Waals surface area contributed by atoms with Crippen LogP contribution in [0.4, 0.5) is 14.5 Å². The second kappa shape index (κ2) is 7.51. The van der Waals surface area contributed by atoms with Crippen molar-refractivity contribution in [2.45, 2.75) is 12.6 Å². The predicted octanol–water partition coefficient (Wildman–Crippen LogP) is 2.91. The lowest BCUT2D eigenvalue weighted by Crippen LogP contribution is -2.45. The fourth-order valence-electron chi connectivity index (χ4n) is 2.55. The van der Waals surface area contributed by atoms with E-state index < -0.39 is 23.6 Å². The van der Waals surface area contributed by atoms with E-state index in [-0.39, 0.29) is 18.8 Å². The number of nitrogens with zero attached hydrogens (tertiary/aromatic N) is 1. The fourth-order valence-corrected chi connectivity index (χ4v) is 2.55. The molecule has 1 heterocycles. The van der Waals surface area contributed by atoms with Crippen molar-refractivity contribution in [3.63, 3.8) is 0 Å². The van der Waals surface area contributed by atoms with E-state index in [1.165, 1.54) is 29.2 Å². The van der Waals surface area contributed by atoms with Gasteiger partial charge >= 0.3 is 0 Å². The third-order valence-electron chi connectivity index (χ3n) is 3.79. The number of hydrogen-bond donors (Lipinski definition) is 0. The molecule has 1 saturated heterocycles. The predicted molar refractivity (Wildman–Crippen MR) is 84.5 cm³/mol. The van der Waals surface area contributed by atoms with Gasteiger partial charge in [-0.15, -0.1) is 0 Å². The zero-order chi connectivity index (χ0) is 16.9. The van der Waals surface area contributed by atoms with Crippen LogP contribution in [-0.2, 0) is 20.8 Å². The Morgan fingerprint density at radius 3 is 2.42 bits per heavy atom. The quantitative estimate of drug-likeness (QED) is 0.864. The zero-order valence-electron chi connectivity index (χ0n) is 13.0. The maximum Gasteiger partial charge on any atom is 0.258 e. The number of carbonyl (C=O) groups excluding carboxylic acids is 1. The summed E-state index contributed by atoms with van der Waals surface area (Å²) in [6.45, 7) is 0.714. The van der Waals surface area contributed by atoms with Gasteiger partial charge in [0.15, 0.2) is 6.10 Å². The normalized spacial score (nSPS) is 17.5. The van der Waals surface area contributed by atoms with Gasteiger partial charge in [-0.3, -0.25) is 4.79 Å². The number of carbonyl (C=O) groups is 1. The van der Waals surface area contributed by atoms with Gasteiger partial charge < -0.3 is 14.4 Å². The molecule has 1 amide bonds. The molecule has 0 aliphatic carbocycles. The van der Waals surface area contributed by atoms with Crippen molar-refractivity contribution in [2.24, 2.45) is 0 Å². The van der Waals surface area contributed by atoms with E-state index in [9.17, 15) is 13.6 Å². The fraction of sp³-hybridized carbons (Fsp3) is 0.278. The minimum absolute atomic E-state index is 0.0833. The number of rotatable bonds is 4. The van der Waals surface area contributed by atoms with Gasteiger partial charge in [-0.25, -0.2) is 8.78 Å². The van der Waals surface area contributed by atoms with Crippen LogP contribution in [0.5, 0.6) is 0 Å². The molecule has 2 aromatic rings. The Balaban J connectivity index is 1.93. The smallest absolute Gasteiger partial charge is 0.258 e. The number of ether oxygens (including phenoxy) is 2. The standard InChI is InChI=1S/C18H17F2NO3/c19-14-6-2-1-5-13(14)11-21(16-8-4-3-7-15(16)20)18(22)17-12-23-9-10-24-17/h1-8,17H,9-12H2/t17-/m0/s1. The van der Waals surface area contributed by atoms with E-state index >= 15 is 0 Å². The minimum atomic E-state index is -0.829. The summed E-state index contributed by atoms with van der Waals surface area (Å²) >= 11 is 0. The molecular formula is C18H17F2NO3. The van der Waals surface area contributed by atoms with Crippen molar-refractivity contribution < 1.29 is 23.0 Å². The Morgan fingerprint density at radius 1 is 1.04 bits per heavy atom. The number of para-hydroxylation sites is 1. The molecular weight excluding hydrogens is 316 g/mol. The molecule has 0 spiro atoms. The SMILES string of the molecule is O=C([C@@H]1COCCO1)N(Cc1ccccc1F)c1ccccc1F. The van der Waals surface area contributed by atoms with Crippen molar-refractivity contribution in [1.29, 1.82) is 0 Å². The summed E-state index contributed by atoms with van der Waals surface area (Å²) in [4.78, 5) is 14.0. The average Bonchev–Trinajstić information content (AvgIpc) is 2.62. The first kappa shape index (κ1) is 16.5. The first-order valence-corrected chi connectivity index (χ1v) is 7.65. The Labute approximate surface area is 138 Å². The van der Waals surface area contributed by atoms with E-state index in [4.69, 9.17) is 9.47 Å². The summed E-state index contributed by atoms with van der Waals surface area (Å²) in [5.41, 5.74) is 0.380. The summed E-state index contributed by atoms with van der Waals surface area (Å²) in [7, 11) is 0. The topological polar surface area (TPSA) is 38.8 Å². The molecule has 0 aromatic heterocycles. The molecule has 0 N–H and O–H groups in total. The number of benzene rings is 2. The molecule has 1 aliphatic rings. The van der Waals surface area contributed by atoms with Gasteiger partial charge in [-0.05, 0) is 18.2 Å². The molecule has 1 fully saturated rings. The largest absolute Gasteiger partial charge is 0.376 e. The molecule has 0 bridgehead atoms. The van der Waals surface area contributed by atoms with E-state index in [0.717, 1.165) is 0 Å². The minimum Gasteiger partial charge on any atom is -0.376 e. The first-order valence-electron chi connectivity index (χ1n) is 7.65. The Bertz CT molecular complexity index is 717. The third-order valence-corrected chi connectivity index (χ3v) is 3.79. The van der Waals surface area contributed by atoms with Crippen LogP contribution in [0.3, 0.4) is 0 Å². The van der Waals surface area contributed by atoms with E-state index in [0.29, 0.717) is 18.8 Å². The summed E-state index contributed by atoms with van der Waals surface area (Å²) in [5.74, 6) is -1.46. The Kier molecular flexibility index (Phi) is 5.17. The second-order valence-electron chi connectivity index (χ2n) is 5.40. The summed E-state index contributed by atoms with van der Waals surface area (Å²) < 4.78 is 38.9. The Morgan fingerprint density at radius 2 is 1.75 bits per heavy atom. The lowest BCUT2D eigenvalue weighted by atomic mass is 10.1. The van der Waals surface area contributed by atoms with Crippen LogP contribution in [0.15, 0.2) is 48.5 Å². The maximum atomic E-state index is 14.2. The average molecular weight is 333 g/mol. The van der Waals surface area contributed by atoms with Gasteiger partial charge in [0, 0.05) is 5.56 Å². The number of halogens is 2. The highest BCUT2D eigenvalue weighted by Gasteiger charge is 2.30. The van der Waals surface area contributed by atoms with Crippen LogP contribution >= 0.6 is 0 Å². The number of amides is 1. The second-order valence-corrected chi connectivity index (χ2v) is 5.40. The molecule has 1 aliphatic heterocycles. The maximum absolute atomic E-state index is 14.2. The van der Waals surface area contributed by atoms with Crippen molar-refractivity contribution in [2.75, 3.05) is 24.7 Å². The van der Waals surface area contributed by atoms with Crippen LogP contribution in [-0.4, -0.2) is 31.8 Å². The highest BCUT2D eigenvalue weighted by atomic mass is 19.1. The lowest BCUT2D eigenvalue weighted by molar-refractivity contribution is -0.145. The van der Waals surface area contributed by atoms with E-state index in [2.05, 4.69) is 0 Å². The van der Waals surface area contributed by atoms with Gasteiger partial charge in [0.05, 0.1) is 32.1 Å². The van der Waals surface area contributed by atoms with Gasteiger partial charge in [0.1, 0.15) is 11.6 Å². The van der Waals surface area contributed by atoms with Crippen LogP contribution in [0, 0.1) is 11.6 Å². The van der Waals surface area contributed by atoms with Crippen LogP contribution in [0.2, 0.25) is 0 Å². The van der Waals surface area contributed by atoms with Gasteiger partial charge in [0.25, 0.3) is 5.91 Å². The molecule has 3 rings (SSSR count). The molecule has 0 saturated carbocycles. The summed E-state index contributed by atoms with van der Waals surface area (Å²) in [6, 6.07) is 12.0. The van der Waals surface area contributed by atoms with Crippen LogP contribution in [0.25, 0.3) is 0 Å². The highest BCUT2D eigenvalue weighted by Crippen LogP contribution is 2.24. The highest BCUT2D eigenvalue weighted by molar-refractivity contribution is 5.96. The molecule has 4 nitrogen and oxygen atoms in total. The van der Waals surface area contributed by atoms with Crippen molar-refractivity contribution >= 4 is 11.6 Å². The zero-order valence-corrected chi connectivity index (χ0v) is 13.0. The summed E-state index contributed by atoms with van der Waals surface area (Å²) in [6.07, 6.45) is -0.829. The van der Waals surface area contributed by atoms with Gasteiger partial charge in [-0.2, -0.15) is 0 Å². The van der Waals surface area contributed by atoms with Crippen molar-refractivity contribution in [3.8, 4) is 0 Å². The van der Waals surface area contributed by atoms with Gasteiger partial charge in [-0.1, -0.05) is 30.3 Å². The van der Waals surface area contributed by atoms with Crippen LogP contribution < -0.4 is 4.90 Å². The monoisotopic (exact) mass is 333 g/mol. The number of anilines is 1. The Hall–Kier alpha value is -2.31. The number of hydrogen-bond acceptors (Lipinski definition) is 3. The van der Waals surface area contributed by atoms with E-state index in [1.807, 2.05) is 0 Å². The molecule has 126 valence electrons. The first-order chi connectivity index (χ1) is 11.7. The van der Waals surface area contributed by atoms with Crippen LogP contribution in [0.1, 0.15) is 5.56 Å². The molecule has 24 heavy (non-hydrogen) atoms. The lowest BCUT2D eigenvalue weighted by Gasteiger charge is -2.30. The van der Waals surface area contributed by atoms with Crippen molar-refractivity contribution in [3.05, 3.63) is 65.7 Å². The molecule has 0 unspecified atom stereocenters. The van der Waals surface area contributed by atoms with Crippen molar-refractivity contribution in [1.82, 2.24) is 0 Å². The molecule has 0 radical (unpaired) electrons. The van der Waals surface area contributed by atoms with E-state index in [1.54, 1.807) is 24.3 Å². The van der Waals surface area contributed by atoms with Gasteiger partial charge in [0.2, 0.25) is 0 Å². The molecule has 1 atom stereocenters. The summed E-state index contributed by atoms with van der Waals surface area (Å²) in [5, 5.41) is 0. The third kappa shape index (κ3) is 3.60. The molecule has 6 heteroatoms. The molecule has 2 aromatic carbocycles.